The first-order valence-corrected chi connectivity index (χ1v) is 10.6. The van der Waals surface area contributed by atoms with Crippen LogP contribution in [0.5, 0.6) is 5.75 Å². The Morgan fingerprint density at radius 3 is 2.27 bits per heavy atom. The largest absolute Gasteiger partial charge is 0.497 e. The van der Waals surface area contributed by atoms with E-state index >= 15 is 0 Å². The lowest BCUT2D eigenvalue weighted by molar-refractivity contribution is -0.143. The van der Waals surface area contributed by atoms with Gasteiger partial charge in [0.25, 0.3) is 11.8 Å². The predicted molar refractivity (Wildman–Crippen MR) is 121 cm³/mol. The van der Waals surface area contributed by atoms with Gasteiger partial charge in [0.1, 0.15) is 5.75 Å². The first-order valence-electron chi connectivity index (χ1n) is 10.6. The highest BCUT2D eigenvalue weighted by Gasteiger charge is 2.27. The molecule has 170 valence electrons. The lowest BCUT2D eigenvalue weighted by atomic mass is 9.96. The monoisotopic (exact) mass is 448 g/mol. The molecule has 0 unspecified atom stereocenters. The molecule has 1 aliphatic heterocycles. The second-order valence-corrected chi connectivity index (χ2v) is 7.78. The van der Waals surface area contributed by atoms with Crippen molar-refractivity contribution in [1.29, 1.82) is 0 Å². The van der Waals surface area contributed by atoms with Crippen LogP contribution in [0.2, 0.25) is 0 Å². The maximum Gasteiger partial charge on any atom is 0.306 e. The third kappa shape index (κ3) is 5.03. The number of hydrogen-bond donors (Lipinski definition) is 2. The number of hydrogen-bond acceptors (Lipinski definition) is 5. The maximum absolute atomic E-state index is 12.7. The molecular formula is C24H24N4O5. The molecule has 9 nitrogen and oxygen atoms in total. The zero-order chi connectivity index (χ0) is 23.4. The summed E-state index contributed by atoms with van der Waals surface area (Å²) in [7, 11) is 1.60. The number of likely N-dealkylation sites (tertiary alicyclic amines) is 1. The zero-order valence-electron chi connectivity index (χ0n) is 18.1. The van der Waals surface area contributed by atoms with Crippen LogP contribution in [-0.4, -0.2) is 57.8 Å². The van der Waals surface area contributed by atoms with Gasteiger partial charge in [-0.05, 0) is 67.4 Å². The number of rotatable bonds is 6. The molecule has 9 heteroatoms. The van der Waals surface area contributed by atoms with Crippen molar-refractivity contribution in [1.82, 2.24) is 14.7 Å². The lowest BCUT2D eigenvalue weighted by Gasteiger charge is -2.30. The minimum absolute atomic E-state index is 0.144. The molecule has 0 spiro atoms. The second kappa shape index (κ2) is 9.56. The number of ether oxygens (including phenoxy) is 1. The Hall–Kier alpha value is -4.14. The number of carboxylic acid groups (broad SMARTS) is 1. The van der Waals surface area contributed by atoms with Crippen LogP contribution in [0.25, 0.3) is 5.69 Å². The third-order valence-electron chi connectivity index (χ3n) is 5.68. The van der Waals surface area contributed by atoms with Gasteiger partial charge in [-0.25, -0.2) is 4.68 Å². The molecule has 33 heavy (non-hydrogen) atoms. The molecule has 1 aromatic heterocycles. The fourth-order valence-electron chi connectivity index (χ4n) is 3.73. The third-order valence-corrected chi connectivity index (χ3v) is 5.68. The van der Waals surface area contributed by atoms with Gasteiger partial charge >= 0.3 is 5.97 Å². The van der Waals surface area contributed by atoms with Crippen molar-refractivity contribution in [2.24, 2.45) is 5.92 Å². The summed E-state index contributed by atoms with van der Waals surface area (Å²) < 4.78 is 6.75. The molecule has 0 radical (unpaired) electrons. The highest BCUT2D eigenvalue weighted by Crippen LogP contribution is 2.20. The molecule has 1 fully saturated rings. The van der Waals surface area contributed by atoms with Crippen LogP contribution in [0.4, 0.5) is 5.69 Å². The summed E-state index contributed by atoms with van der Waals surface area (Å²) in [5, 5.41) is 16.2. The summed E-state index contributed by atoms with van der Waals surface area (Å²) in [4.78, 5) is 38.0. The Bertz CT molecular complexity index is 1150. The molecule has 2 N–H and O–H groups in total. The quantitative estimate of drug-likeness (QED) is 0.599. The van der Waals surface area contributed by atoms with Gasteiger partial charge in [0.15, 0.2) is 5.69 Å². The van der Waals surface area contributed by atoms with Crippen molar-refractivity contribution in [2.75, 3.05) is 25.5 Å². The Kier molecular flexibility index (Phi) is 6.39. The van der Waals surface area contributed by atoms with Crippen molar-refractivity contribution in [3.8, 4) is 11.4 Å². The number of nitrogens with zero attached hydrogens (tertiary/aromatic N) is 3. The first kappa shape index (κ1) is 22.1. The highest BCUT2D eigenvalue weighted by atomic mass is 16.5. The summed E-state index contributed by atoms with van der Waals surface area (Å²) in [6, 6.07) is 15.6. The summed E-state index contributed by atoms with van der Waals surface area (Å²) in [5.74, 6) is -0.974. The maximum atomic E-state index is 12.7. The van der Waals surface area contributed by atoms with Gasteiger partial charge in [0, 0.05) is 30.5 Å². The number of benzene rings is 2. The van der Waals surface area contributed by atoms with Gasteiger partial charge in [-0.15, -0.1) is 0 Å². The van der Waals surface area contributed by atoms with Crippen LogP contribution < -0.4 is 10.1 Å². The minimum atomic E-state index is -0.809. The van der Waals surface area contributed by atoms with E-state index in [1.807, 2.05) is 24.3 Å². The molecule has 1 aliphatic rings. The standard InChI is InChI=1S/C24H24N4O5/c1-33-20-8-6-19(7-9-20)28-15-12-21(26-28)22(29)25-18-4-2-16(3-5-18)23(30)27-13-10-17(11-14-27)24(31)32/h2-9,12,15,17H,10-11,13-14H2,1H3,(H,25,29)(H,31,32). The smallest absolute Gasteiger partial charge is 0.306 e. The van der Waals surface area contributed by atoms with E-state index in [4.69, 9.17) is 9.84 Å². The van der Waals surface area contributed by atoms with Crippen LogP contribution in [0.3, 0.4) is 0 Å². The molecule has 3 aromatic rings. The van der Waals surface area contributed by atoms with Gasteiger partial charge in [-0.2, -0.15) is 5.10 Å². The van der Waals surface area contributed by atoms with Crippen LogP contribution in [0.15, 0.2) is 60.8 Å². The molecule has 2 amide bonds. The van der Waals surface area contributed by atoms with Crippen molar-refractivity contribution in [2.45, 2.75) is 12.8 Å². The van der Waals surface area contributed by atoms with Gasteiger partial charge in [0.2, 0.25) is 0 Å². The molecule has 1 saturated heterocycles. The van der Waals surface area contributed by atoms with E-state index in [0.29, 0.717) is 37.2 Å². The van der Waals surface area contributed by atoms with Gasteiger partial charge < -0.3 is 20.1 Å². The van der Waals surface area contributed by atoms with E-state index in [0.717, 1.165) is 11.4 Å². The average molecular weight is 448 g/mol. The summed E-state index contributed by atoms with van der Waals surface area (Å²) >= 11 is 0. The molecule has 4 rings (SSSR count). The number of carbonyl (C=O) groups is 3. The number of anilines is 1. The normalized spacial score (nSPS) is 14.0. The number of piperidine rings is 1. The number of amides is 2. The second-order valence-electron chi connectivity index (χ2n) is 7.78. The number of carboxylic acids is 1. The van der Waals surface area contributed by atoms with E-state index in [-0.39, 0.29) is 23.4 Å². The minimum Gasteiger partial charge on any atom is -0.497 e. The van der Waals surface area contributed by atoms with E-state index in [1.54, 1.807) is 53.2 Å². The molecule has 0 bridgehead atoms. The van der Waals surface area contributed by atoms with Gasteiger partial charge in [-0.3, -0.25) is 14.4 Å². The Balaban J connectivity index is 1.36. The summed E-state index contributed by atoms with van der Waals surface area (Å²) in [6.45, 7) is 0.844. The van der Waals surface area contributed by atoms with Crippen LogP contribution in [0, 0.1) is 5.92 Å². The Labute approximate surface area is 190 Å². The molecule has 2 heterocycles. The Morgan fingerprint density at radius 2 is 1.67 bits per heavy atom. The Morgan fingerprint density at radius 1 is 1.00 bits per heavy atom. The van der Waals surface area contributed by atoms with E-state index in [2.05, 4.69) is 10.4 Å². The molecule has 2 aromatic carbocycles. The van der Waals surface area contributed by atoms with Crippen LogP contribution in [0.1, 0.15) is 33.7 Å². The zero-order valence-corrected chi connectivity index (χ0v) is 18.1. The molecule has 0 aliphatic carbocycles. The number of aromatic nitrogens is 2. The van der Waals surface area contributed by atoms with E-state index in [1.165, 1.54) is 0 Å². The fourth-order valence-corrected chi connectivity index (χ4v) is 3.73. The first-order chi connectivity index (χ1) is 15.9. The van der Waals surface area contributed by atoms with Gasteiger partial charge in [0.05, 0.1) is 18.7 Å². The van der Waals surface area contributed by atoms with Crippen LogP contribution >= 0.6 is 0 Å². The van der Waals surface area contributed by atoms with Crippen molar-refractivity contribution >= 4 is 23.5 Å². The van der Waals surface area contributed by atoms with Crippen LogP contribution in [-0.2, 0) is 4.79 Å². The van der Waals surface area contributed by atoms with Crippen molar-refractivity contribution in [3.05, 3.63) is 72.1 Å². The lowest BCUT2D eigenvalue weighted by Crippen LogP contribution is -2.40. The van der Waals surface area contributed by atoms with E-state index < -0.39 is 5.97 Å². The molecule has 0 saturated carbocycles. The van der Waals surface area contributed by atoms with Gasteiger partial charge in [-0.1, -0.05) is 0 Å². The molecular weight excluding hydrogens is 424 g/mol. The summed E-state index contributed by atoms with van der Waals surface area (Å²) in [5.41, 5.74) is 2.09. The van der Waals surface area contributed by atoms with E-state index in [9.17, 15) is 14.4 Å². The number of aliphatic carboxylic acids is 1. The number of nitrogens with one attached hydrogen (secondary N) is 1. The summed E-state index contributed by atoms with van der Waals surface area (Å²) in [6.07, 6.45) is 2.61. The molecule has 0 atom stereocenters. The number of methoxy groups -OCH3 is 1. The highest BCUT2D eigenvalue weighted by molar-refractivity contribution is 6.03. The predicted octanol–water partition coefficient (Wildman–Crippen LogP) is 3.07. The SMILES string of the molecule is COc1ccc(-n2ccc(C(=O)Nc3ccc(C(=O)N4CCC(C(=O)O)CC4)cc3)n2)cc1. The average Bonchev–Trinajstić information content (AvgIpc) is 3.35. The van der Waals surface area contributed by atoms with Crippen molar-refractivity contribution in [3.63, 3.8) is 0 Å². The van der Waals surface area contributed by atoms with Crippen molar-refractivity contribution < 1.29 is 24.2 Å². The number of carbonyl (C=O) groups excluding carboxylic acids is 2. The topological polar surface area (TPSA) is 114 Å². The fraction of sp³-hybridized carbons (Fsp3) is 0.250.